The molecule has 0 aromatic heterocycles. The number of carbonyl (C=O) groups excluding carboxylic acids is 1. The Kier molecular flexibility index (Phi) is 5.82. The van der Waals surface area contributed by atoms with E-state index in [-0.39, 0.29) is 17.9 Å². The molecular formula is C17H16FNO4. The summed E-state index contributed by atoms with van der Waals surface area (Å²) >= 11 is 0. The minimum absolute atomic E-state index is 0.105. The van der Waals surface area contributed by atoms with Gasteiger partial charge in [-0.05, 0) is 30.2 Å². The van der Waals surface area contributed by atoms with E-state index in [0.29, 0.717) is 13.0 Å². The number of hydrogen-bond donors (Lipinski definition) is 2. The summed E-state index contributed by atoms with van der Waals surface area (Å²) in [5, 5.41) is 11.2. The Morgan fingerprint density at radius 3 is 2.57 bits per heavy atom. The average Bonchev–Trinajstić information content (AvgIpc) is 2.54. The monoisotopic (exact) mass is 317 g/mol. The van der Waals surface area contributed by atoms with Gasteiger partial charge in [-0.15, -0.1) is 0 Å². The summed E-state index contributed by atoms with van der Waals surface area (Å²) in [7, 11) is 0. The highest BCUT2D eigenvalue weighted by molar-refractivity contribution is 5.94. The molecule has 0 saturated heterocycles. The van der Waals surface area contributed by atoms with Crippen LogP contribution in [0, 0.1) is 5.82 Å². The standard InChI is InChI=1S/C17H16FNO4/c18-14-7-6-13(17(21)22)10-15(14)19-16(20)11-23-9-8-12-4-2-1-3-5-12/h1-7,10H,8-9,11H2,(H,19,20)(H,21,22). The van der Waals surface area contributed by atoms with Crippen molar-refractivity contribution >= 4 is 17.6 Å². The zero-order valence-electron chi connectivity index (χ0n) is 12.3. The van der Waals surface area contributed by atoms with Gasteiger partial charge in [-0.1, -0.05) is 30.3 Å². The normalized spacial score (nSPS) is 10.3. The zero-order valence-corrected chi connectivity index (χ0v) is 12.3. The van der Waals surface area contributed by atoms with Crippen LogP contribution in [0.4, 0.5) is 10.1 Å². The number of hydrogen-bond acceptors (Lipinski definition) is 3. The molecule has 0 bridgehead atoms. The lowest BCUT2D eigenvalue weighted by Crippen LogP contribution is -2.20. The van der Waals surface area contributed by atoms with Gasteiger partial charge in [-0.2, -0.15) is 0 Å². The number of anilines is 1. The van der Waals surface area contributed by atoms with Gasteiger partial charge in [0, 0.05) is 0 Å². The topological polar surface area (TPSA) is 75.6 Å². The predicted molar refractivity (Wildman–Crippen MR) is 83.0 cm³/mol. The van der Waals surface area contributed by atoms with E-state index in [4.69, 9.17) is 9.84 Å². The molecule has 0 unspecified atom stereocenters. The number of amides is 1. The summed E-state index contributed by atoms with van der Waals surface area (Å²) < 4.78 is 18.8. The molecule has 0 aliphatic rings. The van der Waals surface area contributed by atoms with Gasteiger partial charge in [0.1, 0.15) is 12.4 Å². The van der Waals surface area contributed by atoms with Gasteiger partial charge in [-0.25, -0.2) is 9.18 Å². The van der Waals surface area contributed by atoms with E-state index < -0.39 is 17.7 Å². The molecule has 6 heteroatoms. The number of aromatic carboxylic acids is 1. The molecule has 2 aromatic rings. The van der Waals surface area contributed by atoms with Crippen LogP contribution in [0.2, 0.25) is 0 Å². The highest BCUT2D eigenvalue weighted by atomic mass is 19.1. The van der Waals surface area contributed by atoms with Crippen molar-refractivity contribution in [2.24, 2.45) is 0 Å². The largest absolute Gasteiger partial charge is 0.478 e. The fraction of sp³-hybridized carbons (Fsp3) is 0.176. The molecule has 0 fully saturated rings. The molecule has 0 aliphatic heterocycles. The Hall–Kier alpha value is -2.73. The highest BCUT2D eigenvalue weighted by Gasteiger charge is 2.11. The van der Waals surface area contributed by atoms with Crippen molar-refractivity contribution in [1.29, 1.82) is 0 Å². The molecular weight excluding hydrogens is 301 g/mol. The molecule has 2 aromatic carbocycles. The van der Waals surface area contributed by atoms with Crippen molar-refractivity contribution in [3.05, 3.63) is 65.5 Å². The number of carbonyl (C=O) groups is 2. The molecule has 0 spiro atoms. The van der Waals surface area contributed by atoms with Crippen molar-refractivity contribution in [2.75, 3.05) is 18.5 Å². The van der Waals surface area contributed by atoms with Gasteiger partial charge in [0.15, 0.2) is 0 Å². The maximum atomic E-state index is 13.6. The quantitative estimate of drug-likeness (QED) is 0.770. The van der Waals surface area contributed by atoms with Crippen LogP contribution >= 0.6 is 0 Å². The summed E-state index contributed by atoms with van der Waals surface area (Å²) in [6, 6.07) is 12.9. The van der Waals surface area contributed by atoms with Crippen LogP contribution in [0.1, 0.15) is 15.9 Å². The molecule has 0 atom stereocenters. The van der Waals surface area contributed by atoms with Gasteiger partial charge in [-0.3, -0.25) is 4.79 Å². The van der Waals surface area contributed by atoms with Crippen LogP contribution in [0.3, 0.4) is 0 Å². The highest BCUT2D eigenvalue weighted by Crippen LogP contribution is 2.16. The van der Waals surface area contributed by atoms with Crippen LogP contribution in [0.25, 0.3) is 0 Å². The van der Waals surface area contributed by atoms with Crippen molar-refractivity contribution in [3.8, 4) is 0 Å². The predicted octanol–water partition coefficient (Wildman–Crippen LogP) is 2.72. The third-order valence-corrected chi connectivity index (χ3v) is 3.10. The molecule has 0 saturated carbocycles. The molecule has 2 N–H and O–H groups in total. The number of carboxylic acid groups (broad SMARTS) is 1. The Balaban J connectivity index is 1.81. The lowest BCUT2D eigenvalue weighted by atomic mass is 10.2. The Labute approximate surface area is 132 Å². The van der Waals surface area contributed by atoms with Crippen LogP contribution in [0.15, 0.2) is 48.5 Å². The lowest BCUT2D eigenvalue weighted by molar-refractivity contribution is -0.120. The third kappa shape index (κ3) is 5.19. The van der Waals surface area contributed by atoms with E-state index in [1.54, 1.807) is 0 Å². The SMILES string of the molecule is O=C(COCCc1ccccc1)Nc1cc(C(=O)O)ccc1F. The number of benzene rings is 2. The van der Waals surface area contributed by atoms with E-state index in [0.717, 1.165) is 23.8 Å². The fourth-order valence-corrected chi connectivity index (χ4v) is 1.94. The zero-order chi connectivity index (χ0) is 16.7. The van der Waals surface area contributed by atoms with Crippen LogP contribution < -0.4 is 5.32 Å². The first-order chi connectivity index (χ1) is 11.1. The Morgan fingerprint density at radius 2 is 1.87 bits per heavy atom. The summed E-state index contributed by atoms with van der Waals surface area (Å²) in [6.45, 7) is 0.124. The molecule has 0 heterocycles. The minimum atomic E-state index is -1.19. The van der Waals surface area contributed by atoms with Crippen LogP contribution in [-0.2, 0) is 16.0 Å². The molecule has 5 nitrogen and oxygen atoms in total. The first-order valence-corrected chi connectivity index (χ1v) is 7.00. The summed E-state index contributed by atoms with van der Waals surface area (Å²) in [5.74, 6) is -2.44. The second-order valence-electron chi connectivity index (χ2n) is 4.84. The van der Waals surface area contributed by atoms with Crippen molar-refractivity contribution < 1.29 is 23.8 Å². The van der Waals surface area contributed by atoms with Gasteiger partial charge >= 0.3 is 5.97 Å². The smallest absolute Gasteiger partial charge is 0.335 e. The molecule has 0 aliphatic carbocycles. The lowest BCUT2D eigenvalue weighted by Gasteiger charge is -2.08. The van der Waals surface area contributed by atoms with E-state index in [2.05, 4.69) is 5.32 Å². The molecule has 23 heavy (non-hydrogen) atoms. The van der Waals surface area contributed by atoms with Crippen molar-refractivity contribution in [3.63, 3.8) is 0 Å². The summed E-state index contributed by atoms with van der Waals surface area (Å²) in [4.78, 5) is 22.5. The number of carboxylic acids is 1. The summed E-state index contributed by atoms with van der Waals surface area (Å²) in [5.41, 5.74) is 0.807. The second kappa shape index (κ2) is 8.05. The second-order valence-corrected chi connectivity index (χ2v) is 4.84. The Morgan fingerprint density at radius 1 is 1.13 bits per heavy atom. The molecule has 120 valence electrons. The average molecular weight is 317 g/mol. The Bertz CT molecular complexity index is 688. The summed E-state index contributed by atoms with van der Waals surface area (Å²) in [6.07, 6.45) is 0.664. The van der Waals surface area contributed by atoms with Gasteiger partial charge in [0.2, 0.25) is 5.91 Å². The number of ether oxygens (including phenoxy) is 1. The third-order valence-electron chi connectivity index (χ3n) is 3.10. The van der Waals surface area contributed by atoms with E-state index >= 15 is 0 Å². The fourth-order valence-electron chi connectivity index (χ4n) is 1.94. The molecule has 2 rings (SSSR count). The maximum Gasteiger partial charge on any atom is 0.335 e. The van der Waals surface area contributed by atoms with Crippen LogP contribution in [0.5, 0.6) is 0 Å². The molecule has 1 amide bonds. The maximum absolute atomic E-state index is 13.6. The van der Waals surface area contributed by atoms with Crippen molar-refractivity contribution in [2.45, 2.75) is 6.42 Å². The van der Waals surface area contributed by atoms with Gasteiger partial charge in [0.25, 0.3) is 0 Å². The van der Waals surface area contributed by atoms with Crippen molar-refractivity contribution in [1.82, 2.24) is 0 Å². The van der Waals surface area contributed by atoms with Gasteiger partial charge in [0.05, 0.1) is 17.9 Å². The number of nitrogens with one attached hydrogen (secondary N) is 1. The minimum Gasteiger partial charge on any atom is -0.478 e. The molecule has 0 radical (unpaired) electrons. The van der Waals surface area contributed by atoms with E-state index in [9.17, 15) is 14.0 Å². The van der Waals surface area contributed by atoms with Crippen LogP contribution in [-0.4, -0.2) is 30.2 Å². The van der Waals surface area contributed by atoms with Gasteiger partial charge < -0.3 is 15.2 Å². The van der Waals surface area contributed by atoms with E-state index in [1.807, 2.05) is 30.3 Å². The first kappa shape index (κ1) is 16.6. The first-order valence-electron chi connectivity index (χ1n) is 7.00. The number of halogens is 1. The number of rotatable bonds is 7. The van der Waals surface area contributed by atoms with E-state index in [1.165, 1.54) is 0 Å².